The molecule has 0 spiro atoms. The van der Waals surface area contributed by atoms with Gasteiger partial charge < -0.3 is 0 Å². The Balaban J connectivity index is 1.38. The van der Waals surface area contributed by atoms with Crippen molar-refractivity contribution >= 4 is 35.1 Å². The van der Waals surface area contributed by atoms with E-state index in [1.54, 1.807) is 30.5 Å². The maximum atomic E-state index is 12.1. The van der Waals surface area contributed by atoms with Crippen LogP contribution in [0.15, 0.2) is 83.0 Å². The van der Waals surface area contributed by atoms with Gasteiger partial charge in [-0.25, -0.2) is 5.43 Å². The summed E-state index contributed by atoms with van der Waals surface area (Å²) < 4.78 is 0. The molecule has 3 aromatic rings. The Morgan fingerprint density at radius 2 is 1.80 bits per heavy atom. The molecule has 30 heavy (non-hydrogen) atoms. The minimum Gasteiger partial charge on any atom is -0.267 e. The van der Waals surface area contributed by atoms with Gasteiger partial charge in [0.15, 0.2) is 0 Å². The van der Waals surface area contributed by atoms with Crippen molar-refractivity contribution in [2.75, 3.05) is 11.6 Å². The molecule has 0 unspecified atom stereocenters. The highest BCUT2D eigenvalue weighted by Gasteiger charge is 2.17. The molecule has 1 heterocycles. The lowest BCUT2D eigenvalue weighted by Gasteiger charge is -2.13. The number of hydrogen-bond donors (Lipinski definition) is 1. The van der Waals surface area contributed by atoms with Crippen molar-refractivity contribution < 1.29 is 4.79 Å². The van der Waals surface area contributed by atoms with Gasteiger partial charge in [-0.3, -0.25) is 9.80 Å². The quantitative estimate of drug-likeness (QED) is 0.468. The van der Waals surface area contributed by atoms with Crippen molar-refractivity contribution in [3.05, 3.63) is 100 Å². The van der Waals surface area contributed by atoms with Crippen LogP contribution in [0.2, 0.25) is 5.02 Å². The molecular weight excluding hydrogens is 396 g/mol. The zero-order valence-corrected chi connectivity index (χ0v) is 17.3. The molecule has 0 atom stereocenters. The molecule has 0 saturated carbocycles. The molecule has 4 rings (SSSR count). The van der Waals surface area contributed by atoms with Crippen LogP contribution in [0.4, 0.5) is 5.69 Å². The fraction of sp³-hybridized carbons (Fsp3) is 0.125. The molecule has 1 aliphatic heterocycles. The number of benzene rings is 3. The van der Waals surface area contributed by atoms with Crippen LogP contribution in [-0.4, -0.2) is 24.4 Å². The highest BCUT2D eigenvalue weighted by Crippen LogP contribution is 2.22. The molecule has 1 N–H and O–H groups in total. The molecule has 1 amide bonds. The monoisotopic (exact) mass is 416 g/mol. The number of carbonyl (C=O) groups excluding carboxylic acids is 1. The average molecular weight is 417 g/mol. The first kappa shape index (κ1) is 19.9. The van der Waals surface area contributed by atoms with Crippen molar-refractivity contribution in [2.45, 2.75) is 13.3 Å². The van der Waals surface area contributed by atoms with Crippen LogP contribution in [-0.2, 0) is 0 Å². The molecular formula is C24H21ClN4O. The lowest BCUT2D eigenvalue weighted by molar-refractivity contribution is 0.0955. The summed E-state index contributed by atoms with van der Waals surface area (Å²) in [5.41, 5.74) is 8.30. The van der Waals surface area contributed by atoms with Crippen LogP contribution in [0.3, 0.4) is 0 Å². The Morgan fingerprint density at radius 3 is 2.53 bits per heavy atom. The van der Waals surface area contributed by atoms with Crippen LogP contribution in [0.5, 0.6) is 0 Å². The average Bonchev–Trinajstić information content (AvgIpc) is 3.25. The van der Waals surface area contributed by atoms with E-state index in [2.05, 4.69) is 41.7 Å². The summed E-state index contributed by atoms with van der Waals surface area (Å²) in [5.74, 6) is -0.344. The first-order valence-electron chi connectivity index (χ1n) is 9.70. The van der Waals surface area contributed by atoms with E-state index in [1.807, 2.05) is 29.3 Å². The van der Waals surface area contributed by atoms with Gasteiger partial charge in [0.25, 0.3) is 5.91 Å². The van der Waals surface area contributed by atoms with Gasteiger partial charge in [0.2, 0.25) is 0 Å². The van der Waals surface area contributed by atoms with E-state index in [4.69, 9.17) is 16.7 Å². The van der Waals surface area contributed by atoms with Crippen LogP contribution < -0.4 is 10.4 Å². The molecule has 1 aliphatic rings. The Bertz CT molecular complexity index is 1100. The normalized spacial score (nSPS) is 13.5. The van der Waals surface area contributed by atoms with E-state index >= 15 is 0 Å². The zero-order chi connectivity index (χ0) is 20.9. The van der Waals surface area contributed by atoms with Crippen molar-refractivity contribution in [3.63, 3.8) is 0 Å². The van der Waals surface area contributed by atoms with Crippen molar-refractivity contribution in [3.8, 4) is 0 Å². The second-order valence-corrected chi connectivity index (χ2v) is 7.46. The van der Waals surface area contributed by atoms with E-state index in [0.29, 0.717) is 10.6 Å². The third-order valence-electron chi connectivity index (χ3n) is 4.88. The fourth-order valence-electron chi connectivity index (χ4n) is 3.20. The number of rotatable bonds is 5. The van der Waals surface area contributed by atoms with E-state index in [0.717, 1.165) is 29.9 Å². The lowest BCUT2D eigenvalue weighted by atomic mass is 10.1. The largest absolute Gasteiger partial charge is 0.272 e. The molecule has 0 radical (unpaired) electrons. The molecule has 0 bridgehead atoms. The van der Waals surface area contributed by atoms with Gasteiger partial charge in [-0.15, -0.1) is 0 Å². The Hall–Kier alpha value is -3.44. The van der Waals surface area contributed by atoms with Crippen molar-refractivity contribution in [1.29, 1.82) is 0 Å². The fourth-order valence-corrected chi connectivity index (χ4v) is 3.42. The van der Waals surface area contributed by atoms with Gasteiger partial charge >= 0.3 is 0 Å². The predicted molar refractivity (Wildman–Crippen MR) is 123 cm³/mol. The summed E-state index contributed by atoms with van der Waals surface area (Å²) in [6, 6.07) is 23.2. The van der Waals surface area contributed by atoms with Crippen LogP contribution in [0, 0.1) is 6.92 Å². The molecule has 0 aliphatic carbocycles. The van der Waals surface area contributed by atoms with E-state index in [9.17, 15) is 4.79 Å². The molecule has 5 nitrogen and oxygen atoms in total. The summed E-state index contributed by atoms with van der Waals surface area (Å²) in [7, 11) is 0. The van der Waals surface area contributed by atoms with Gasteiger partial charge in [0, 0.05) is 13.0 Å². The van der Waals surface area contributed by atoms with Crippen LogP contribution in [0.1, 0.15) is 33.5 Å². The number of nitrogens with one attached hydrogen (secondary N) is 1. The Kier molecular flexibility index (Phi) is 5.91. The van der Waals surface area contributed by atoms with Gasteiger partial charge in [-0.2, -0.15) is 10.2 Å². The number of halogens is 1. The number of nitrogens with zero attached hydrogens (tertiary/aromatic N) is 3. The van der Waals surface area contributed by atoms with Crippen molar-refractivity contribution in [1.82, 2.24) is 5.43 Å². The number of hydrazone groups is 2. The SMILES string of the molecule is Cc1ccc(C2=NN(c3ccc(C=NNC(=O)c4ccccc4Cl)cc3)CC2)cc1. The minimum atomic E-state index is -0.344. The maximum Gasteiger partial charge on any atom is 0.272 e. The molecule has 0 saturated heterocycles. The maximum absolute atomic E-state index is 12.1. The third-order valence-corrected chi connectivity index (χ3v) is 5.21. The summed E-state index contributed by atoms with van der Waals surface area (Å²) in [5, 5.41) is 11.2. The summed E-state index contributed by atoms with van der Waals surface area (Å²) >= 11 is 6.02. The molecule has 3 aromatic carbocycles. The summed E-state index contributed by atoms with van der Waals surface area (Å²) in [6.07, 6.45) is 2.52. The Morgan fingerprint density at radius 1 is 1.07 bits per heavy atom. The predicted octanol–water partition coefficient (Wildman–Crippen LogP) is 5.03. The highest BCUT2D eigenvalue weighted by molar-refractivity contribution is 6.33. The number of hydrogen-bond acceptors (Lipinski definition) is 4. The molecule has 0 aromatic heterocycles. The highest BCUT2D eigenvalue weighted by atomic mass is 35.5. The first-order valence-corrected chi connectivity index (χ1v) is 10.1. The summed E-state index contributed by atoms with van der Waals surface area (Å²) in [6.45, 7) is 2.93. The van der Waals surface area contributed by atoms with Crippen LogP contribution in [0.25, 0.3) is 0 Å². The standard InChI is InChI=1S/C24H21ClN4O/c1-17-6-10-19(11-7-17)23-14-15-29(28-23)20-12-8-18(9-13-20)16-26-27-24(30)21-4-2-3-5-22(21)25/h2-13,16H,14-15H2,1H3,(H,27,30). The molecule has 150 valence electrons. The van der Waals surface area contributed by atoms with Gasteiger partial charge in [0.05, 0.1) is 28.2 Å². The second-order valence-electron chi connectivity index (χ2n) is 7.06. The van der Waals surface area contributed by atoms with E-state index in [1.165, 1.54) is 11.1 Å². The van der Waals surface area contributed by atoms with E-state index < -0.39 is 0 Å². The topological polar surface area (TPSA) is 57.1 Å². The van der Waals surface area contributed by atoms with Gasteiger partial charge in [0.1, 0.15) is 0 Å². The molecule has 0 fully saturated rings. The Labute approximate surface area is 180 Å². The minimum absolute atomic E-state index is 0.344. The zero-order valence-electron chi connectivity index (χ0n) is 16.5. The number of anilines is 1. The second kappa shape index (κ2) is 8.93. The van der Waals surface area contributed by atoms with Gasteiger partial charge in [-0.1, -0.05) is 65.7 Å². The lowest BCUT2D eigenvalue weighted by Crippen LogP contribution is -2.17. The van der Waals surface area contributed by atoms with Gasteiger partial charge in [-0.05, 0) is 42.3 Å². The number of amides is 1. The first-order chi connectivity index (χ1) is 14.6. The summed E-state index contributed by atoms with van der Waals surface area (Å²) in [4.78, 5) is 12.1. The number of aryl methyl sites for hydroxylation is 1. The molecule has 6 heteroatoms. The smallest absolute Gasteiger partial charge is 0.267 e. The van der Waals surface area contributed by atoms with Crippen LogP contribution >= 0.6 is 11.6 Å². The van der Waals surface area contributed by atoms with Crippen molar-refractivity contribution in [2.24, 2.45) is 10.2 Å². The third kappa shape index (κ3) is 4.58. The number of carbonyl (C=O) groups is 1. The van der Waals surface area contributed by atoms with E-state index in [-0.39, 0.29) is 5.91 Å².